The van der Waals surface area contributed by atoms with Crippen molar-refractivity contribution in [3.63, 3.8) is 0 Å². The number of fused-ring (bicyclic) bond motifs is 1. The third-order valence-electron chi connectivity index (χ3n) is 5.76. The standard InChI is InChI=1S/C23H25FN8O/c24-19-9-8-14(12-25-19)26-22(33)18-5-2-10-32(18)23-27-16-4-1-3-15(16)21(29-23)28-20-11-17(30-31-20)13-6-7-13/h8-9,11-13,18H,1-7,10H2,(H,26,33)(H2,27,28,29,30,31)/t18-/m1/s1/i2D2,5D2,10D2,18D. The summed E-state index contributed by atoms with van der Waals surface area (Å²) < 4.78 is 73.5. The molecule has 1 saturated heterocycles. The monoisotopic (exact) mass is 455 g/mol. The average Bonchev–Trinajstić information content (AvgIpc) is 3.42. The van der Waals surface area contributed by atoms with Gasteiger partial charge in [-0.05, 0) is 57.0 Å². The van der Waals surface area contributed by atoms with E-state index in [-0.39, 0.29) is 11.5 Å². The minimum Gasteiger partial charge on any atom is -0.329 e. The molecule has 0 bridgehead atoms. The number of amides is 1. The summed E-state index contributed by atoms with van der Waals surface area (Å²) >= 11 is 0. The van der Waals surface area contributed by atoms with Gasteiger partial charge in [0.05, 0.1) is 18.9 Å². The minimum absolute atomic E-state index is 0.0935. The number of aromatic nitrogens is 5. The molecular formula is C23H25FN8O. The van der Waals surface area contributed by atoms with Crippen LogP contribution in [0.4, 0.5) is 27.7 Å². The second-order valence-electron chi connectivity index (χ2n) is 8.13. The van der Waals surface area contributed by atoms with Gasteiger partial charge in [0.2, 0.25) is 17.8 Å². The summed E-state index contributed by atoms with van der Waals surface area (Å²) in [5, 5.41) is 12.6. The SMILES string of the molecule is [2H]C1([2H])N(c2nc3c(c(Nc4cc(C5CC5)[nH]n4)n2)CCC3)[C@@]([2H])(C(=O)Nc2ccc(F)nc2)C([2H])([2H])C1([2H])[2H]. The highest BCUT2D eigenvalue weighted by molar-refractivity contribution is 5.96. The summed E-state index contributed by atoms with van der Waals surface area (Å²) in [7, 11) is 0. The van der Waals surface area contributed by atoms with Gasteiger partial charge in [-0.15, -0.1) is 0 Å². The molecule has 0 spiro atoms. The molecule has 1 atom stereocenters. The van der Waals surface area contributed by atoms with E-state index < -0.39 is 43.1 Å². The van der Waals surface area contributed by atoms with Crippen LogP contribution in [0.15, 0.2) is 24.4 Å². The molecule has 3 N–H and O–H groups in total. The van der Waals surface area contributed by atoms with Crippen LogP contribution in [-0.4, -0.2) is 43.6 Å². The zero-order chi connectivity index (χ0) is 28.7. The number of pyridine rings is 1. The summed E-state index contributed by atoms with van der Waals surface area (Å²) in [4.78, 5) is 26.2. The van der Waals surface area contributed by atoms with Gasteiger partial charge < -0.3 is 15.5 Å². The highest BCUT2D eigenvalue weighted by atomic mass is 19.1. The van der Waals surface area contributed by atoms with Crippen molar-refractivity contribution in [3.8, 4) is 0 Å². The van der Waals surface area contributed by atoms with Crippen molar-refractivity contribution in [1.29, 1.82) is 0 Å². The predicted octanol–water partition coefficient (Wildman–Crippen LogP) is 3.45. The van der Waals surface area contributed by atoms with E-state index in [2.05, 4.69) is 35.8 Å². The van der Waals surface area contributed by atoms with Crippen molar-refractivity contribution >= 4 is 29.2 Å². The predicted molar refractivity (Wildman–Crippen MR) is 121 cm³/mol. The third-order valence-corrected chi connectivity index (χ3v) is 5.76. The van der Waals surface area contributed by atoms with E-state index in [1.165, 1.54) is 0 Å². The lowest BCUT2D eigenvalue weighted by Gasteiger charge is -2.25. The Kier molecular flexibility index (Phi) is 3.40. The molecule has 0 radical (unpaired) electrons. The molecule has 3 aliphatic rings. The number of carbonyl (C=O) groups is 1. The number of H-pyrrole nitrogens is 1. The Morgan fingerprint density at radius 1 is 1.30 bits per heavy atom. The fourth-order valence-corrected chi connectivity index (χ4v) is 3.95. The summed E-state index contributed by atoms with van der Waals surface area (Å²) in [5.74, 6) is -1.66. The molecule has 10 heteroatoms. The van der Waals surface area contributed by atoms with Crippen molar-refractivity contribution in [2.75, 3.05) is 22.0 Å². The van der Waals surface area contributed by atoms with Gasteiger partial charge in [0.15, 0.2) is 5.82 Å². The Bertz CT molecular complexity index is 1500. The molecule has 1 aliphatic heterocycles. The van der Waals surface area contributed by atoms with Crippen molar-refractivity contribution in [1.82, 2.24) is 25.1 Å². The smallest absolute Gasteiger partial charge is 0.247 e. The van der Waals surface area contributed by atoms with Crippen LogP contribution in [0.1, 0.15) is 64.5 Å². The van der Waals surface area contributed by atoms with Gasteiger partial charge in [-0.3, -0.25) is 9.89 Å². The molecule has 9 nitrogen and oxygen atoms in total. The average molecular weight is 456 g/mol. The number of nitrogens with zero attached hydrogens (tertiary/aromatic N) is 5. The lowest BCUT2D eigenvalue weighted by molar-refractivity contribution is -0.117. The van der Waals surface area contributed by atoms with Crippen molar-refractivity contribution in [3.05, 3.63) is 47.3 Å². The second kappa shape index (κ2) is 8.09. The van der Waals surface area contributed by atoms with Crippen LogP contribution in [0.25, 0.3) is 0 Å². The molecule has 4 heterocycles. The molecule has 2 fully saturated rings. The first-order chi connectivity index (χ1) is 18.8. The lowest BCUT2D eigenvalue weighted by Crippen LogP contribution is -2.40. The van der Waals surface area contributed by atoms with Crippen LogP contribution in [-0.2, 0) is 17.6 Å². The molecule has 1 saturated carbocycles. The molecular weight excluding hydrogens is 423 g/mol. The van der Waals surface area contributed by atoms with Gasteiger partial charge >= 0.3 is 0 Å². The van der Waals surface area contributed by atoms with E-state index in [1.54, 1.807) is 0 Å². The first-order valence-corrected chi connectivity index (χ1v) is 10.7. The fraction of sp³-hybridized carbons (Fsp3) is 0.435. The van der Waals surface area contributed by atoms with Crippen molar-refractivity contribution in [2.24, 2.45) is 0 Å². The highest BCUT2D eigenvalue weighted by Gasteiger charge is 2.34. The van der Waals surface area contributed by atoms with Gasteiger partial charge in [-0.2, -0.15) is 14.5 Å². The Morgan fingerprint density at radius 3 is 3.03 bits per heavy atom. The topological polar surface area (TPSA) is 112 Å². The summed E-state index contributed by atoms with van der Waals surface area (Å²) in [6.07, 6.45) is -1.89. The highest BCUT2D eigenvalue weighted by Crippen LogP contribution is 2.40. The molecule has 0 unspecified atom stereocenters. The maximum Gasteiger partial charge on any atom is 0.247 e. The van der Waals surface area contributed by atoms with Crippen LogP contribution in [0, 0.1) is 5.95 Å². The molecule has 2 aliphatic carbocycles. The van der Waals surface area contributed by atoms with E-state index >= 15 is 0 Å². The van der Waals surface area contributed by atoms with Gasteiger partial charge in [0.1, 0.15) is 11.8 Å². The van der Waals surface area contributed by atoms with Crippen LogP contribution >= 0.6 is 0 Å². The van der Waals surface area contributed by atoms with Gasteiger partial charge in [0, 0.05) is 38.0 Å². The number of hydrogen-bond acceptors (Lipinski definition) is 7. The number of rotatable bonds is 6. The summed E-state index contributed by atoms with van der Waals surface area (Å²) in [5.41, 5.74) is 2.12. The first-order valence-electron chi connectivity index (χ1n) is 14.2. The molecule has 0 aromatic carbocycles. The number of carbonyl (C=O) groups excluding carboxylic acids is 1. The number of halogens is 1. The second-order valence-corrected chi connectivity index (χ2v) is 8.13. The molecule has 170 valence electrons. The molecule has 6 rings (SSSR count). The Labute approximate surface area is 200 Å². The normalized spacial score (nSPS) is 29.5. The quantitative estimate of drug-likeness (QED) is 0.488. The van der Waals surface area contributed by atoms with Gasteiger partial charge in [-0.25, -0.2) is 9.97 Å². The van der Waals surface area contributed by atoms with Crippen LogP contribution < -0.4 is 15.5 Å². The minimum atomic E-state index is -3.40. The maximum absolute atomic E-state index is 13.6. The molecule has 1 amide bonds. The fourth-order valence-electron chi connectivity index (χ4n) is 3.95. The number of hydrogen-bond donors (Lipinski definition) is 3. The van der Waals surface area contributed by atoms with E-state index in [4.69, 9.17) is 9.60 Å². The van der Waals surface area contributed by atoms with E-state index in [9.17, 15) is 9.18 Å². The molecule has 33 heavy (non-hydrogen) atoms. The Morgan fingerprint density at radius 2 is 2.21 bits per heavy atom. The zero-order valence-electron chi connectivity index (χ0n) is 24.4. The van der Waals surface area contributed by atoms with Crippen LogP contribution in [0.3, 0.4) is 0 Å². The number of aromatic amines is 1. The van der Waals surface area contributed by atoms with Gasteiger partial charge in [0.25, 0.3) is 0 Å². The number of aryl methyl sites for hydroxylation is 1. The lowest BCUT2D eigenvalue weighted by atomic mass is 10.2. The third kappa shape index (κ3) is 4.01. The van der Waals surface area contributed by atoms with E-state index in [1.807, 2.05) is 6.07 Å². The Balaban J connectivity index is 1.45. The maximum atomic E-state index is 13.6. The van der Waals surface area contributed by atoms with Gasteiger partial charge in [-0.1, -0.05) is 0 Å². The number of anilines is 4. The van der Waals surface area contributed by atoms with Crippen molar-refractivity contribution in [2.45, 2.75) is 56.8 Å². The zero-order valence-corrected chi connectivity index (χ0v) is 17.4. The first kappa shape index (κ1) is 13.9. The van der Waals surface area contributed by atoms with E-state index in [0.717, 1.165) is 42.4 Å². The molecule has 3 aromatic heterocycles. The largest absolute Gasteiger partial charge is 0.329 e. The summed E-state index contributed by atoms with van der Waals surface area (Å²) in [6.45, 7) is -3.24. The molecule has 3 aromatic rings. The summed E-state index contributed by atoms with van der Waals surface area (Å²) in [6, 6.07) is 0.683. The Hall–Kier alpha value is -3.56. The number of nitrogens with one attached hydrogen (secondary N) is 3. The van der Waals surface area contributed by atoms with Crippen LogP contribution in [0.2, 0.25) is 0 Å². The van der Waals surface area contributed by atoms with Crippen molar-refractivity contribution < 1.29 is 18.8 Å². The van der Waals surface area contributed by atoms with Crippen LogP contribution in [0.5, 0.6) is 0 Å². The van der Waals surface area contributed by atoms with E-state index in [0.29, 0.717) is 41.6 Å².